The van der Waals surface area contributed by atoms with Crippen molar-refractivity contribution in [3.05, 3.63) is 47.7 Å². The summed E-state index contributed by atoms with van der Waals surface area (Å²) in [7, 11) is 1.60. The molecular formula is C19H24N4O3. The molecule has 0 saturated carbocycles. The normalized spacial score (nSPS) is 12.8. The number of nitrogens with one attached hydrogen (secondary N) is 2. The third kappa shape index (κ3) is 4.78. The molecule has 0 spiro atoms. The zero-order chi connectivity index (χ0) is 18.2. The van der Waals surface area contributed by atoms with E-state index in [2.05, 4.69) is 26.7 Å². The van der Waals surface area contributed by atoms with Gasteiger partial charge in [-0.05, 0) is 36.6 Å². The van der Waals surface area contributed by atoms with Crippen molar-refractivity contribution in [2.24, 2.45) is 4.99 Å². The van der Waals surface area contributed by atoms with E-state index < -0.39 is 0 Å². The molecule has 1 aliphatic rings. The molecule has 1 aromatic heterocycles. The first-order valence-corrected chi connectivity index (χ1v) is 8.68. The highest BCUT2D eigenvalue weighted by Crippen LogP contribution is 2.32. The molecule has 2 aromatic rings. The summed E-state index contributed by atoms with van der Waals surface area (Å²) in [6.07, 6.45) is 2.64. The van der Waals surface area contributed by atoms with Crippen molar-refractivity contribution < 1.29 is 14.2 Å². The van der Waals surface area contributed by atoms with Crippen LogP contribution in [0.1, 0.15) is 18.1 Å². The SMILES string of the molecule is CCNC(=NCc1ccc(OC)nc1)NCCc1ccc2c(c1)OCO2. The van der Waals surface area contributed by atoms with Crippen LogP contribution < -0.4 is 24.8 Å². The molecule has 0 atom stereocenters. The fraction of sp³-hybridized carbons (Fsp3) is 0.368. The number of ether oxygens (including phenoxy) is 3. The highest BCUT2D eigenvalue weighted by atomic mass is 16.7. The van der Waals surface area contributed by atoms with E-state index >= 15 is 0 Å². The highest BCUT2D eigenvalue weighted by molar-refractivity contribution is 5.79. The molecular weight excluding hydrogens is 332 g/mol. The summed E-state index contributed by atoms with van der Waals surface area (Å²) >= 11 is 0. The molecule has 1 aromatic carbocycles. The van der Waals surface area contributed by atoms with E-state index in [1.165, 1.54) is 5.56 Å². The molecule has 138 valence electrons. The van der Waals surface area contributed by atoms with Gasteiger partial charge >= 0.3 is 0 Å². The van der Waals surface area contributed by atoms with Crippen LogP contribution in [0.15, 0.2) is 41.5 Å². The molecule has 2 heterocycles. The molecule has 7 nitrogen and oxygen atoms in total. The minimum Gasteiger partial charge on any atom is -0.481 e. The predicted molar refractivity (Wildman–Crippen MR) is 99.9 cm³/mol. The summed E-state index contributed by atoms with van der Waals surface area (Å²) in [6, 6.07) is 9.84. The van der Waals surface area contributed by atoms with Crippen molar-refractivity contribution in [3.63, 3.8) is 0 Å². The van der Waals surface area contributed by atoms with Crippen LogP contribution in [0.4, 0.5) is 0 Å². The first-order chi connectivity index (χ1) is 12.8. The van der Waals surface area contributed by atoms with Crippen molar-refractivity contribution in [2.75, 3.05) is 27.0 Å². The number of hydrogen-bond donors (Lipinski definition) is 2. The lowest BCUT2D eigenvalue weighted by Gasteiger charge is -2.11. The lowest BCUT2D eigenvalue weighted by Crippen LogP contribution is -2.38. The largest absolute Gasteiger partial charge is 0.481 e. The summed E-state index contributed by atoms with van der Waals surface area (Å²) in [5.41, 5.74) is 2.22. The van der Waals surface area contributed by atoms with E-state index in [0.717, 1.165) is 42.5 Å². The predicted octanol–water partition coefficient (Wildman–Crippen LogP) is 2.12. The van der Waals surface area contributed by atoms with E-state index in [-0.39, 0.29) is 0 Å². The Morgan fingerprint density at radius 3 is 2.77 bits per heavy atom. The lowest BCUT2D eigenvalue weighted by atomic mass is 10.1. The zero-order valence-corrected chi connectivity index (χ0v) is 15.1. The van der Waals surface area contributed by atoms with Crippen molar-refractivity contribution >= 4 is 5.96 Å². The van der Waals surface area contributed by atoms with Crippen molar-refractivity contribution in [1.29, 1.82) is 0 Å². The maximum Gasteiger partial charge on any atom is 0.231 e. The number of aromatic nitrogens is 1. The van der Waals surface area contributed by atoms with Gasteiger partial charge in [-0.25, -0.2) is 9.98 Å². The number of fused-ring (bicyclic) bond motifs is 1. The Morgan fingerprint density at radius 2 is 2.00 bits per heavy atom. The summed E-state index contributed by atoms with van der Waals surface area (Å²) in [5.74, 6) is 3.01. The maximum absolute atomic E-state index is 5.42. The summed E-state index contributed by atoms with van der Waals surface area (Å²) in [5, 5.41) is 6.60. The minimum absolute atomic E-state index is 0.300. The van der Waals surface area contributed by atoms with Crippen LogP contribution >= 0.6 is 0 Å². The molecule has 0 amide bonds. The Bertz CT molecular complexity index is 747. The molecule has 0 fully saturated rings. The number of hydrogen-bond acceptors (Lipinski definition) is 5. The summed E-state index contributed by atoms with van der Waals surface area (Å²) in [6.45, 7) is 4.47. The molecule has 0 bridgehead atoms. The standard InChI is InChI=1S/C19H24N4O3/c1-3-20-19(23-12-15-5-7-18(24-2)22-11-15)21-9-8-14-4-6-16-17(10-14)26-13-25-16/h4-7,10-11H,3,8-9,12-13H2,1-2H3,(H2,20,21,23). The van der Waals surface area contributed by atoms with Crippen molar-refractivity contribution in [3.8, 4) is 17.4 Å². The molecule has 0 radical (unpaired) electrons. The Balaban J connectivity index is 1.52. The van der Waals surface area contributed by atoms with E-state index in [1.807, 2.05) is 31.2 Å². The van der Waals surface area contributed by atoms with Crippen LogP contribution in [0, 0.1) is 0 Å². The number of pyridine rings is 1. The number of rotatable bonds is 7. The lowest BCUT2D eigenvalue weighted by molar-refractivity contribution is 0.174. The first kappa shape index (κ1) is 17.8. The second-order valence-electron chi connectivity index (χ2n) is 5.77. The van der Waals surface area contributed by atoms with Crippen LogP contribution in [-0.2, 0) is 13.0 Å². The second-order valence-corrected chi connectivity index (χ2v) is 5.77. The van der Waals surface area contributed by atoms with E-state index in [0.29, 0.717) is 19.2 Å². The van der Waals surface area contributed by atoms with Crippen LogP contribution in [0.25, 0.3) is 0 Å². The Hall–Kier alpha value is -2.96. The second kappa shape index (κ2) is 8.94. The molecule has 7 heteroatoms. The van der Waals surface area contributed by atoms with Gasteiger partial charge < -0.3 is 24.8 Å². The average molecular weight is 356 g/mol. The third-order valence-corrected chi connectivity index (χ3v) is 3.91. The van der Waals surface area contributed by atoms with E-state index in [9.17, 15) is 0 Å². The molecule has 26 heavy (non-hydrogen) atoms. The smallest absolute Gasteiger partial charge is 0.231 e. The Morgan fingerprint density at radius 1 is 1.15 bits per heavy atom. The van der Waals surface area contributed by atoms with Crippen molar-refractivity contribution in [2.45, 2.75) is 19.9 Å². The van der Waals surface area contributed by atoms with Gasteiger partial charge in [-0.15, -0.1) is 0 Å². The van der Waals surface area contributed by atoms with Gasteiger partial charge in [0.1, 0.15) is 0 Å². The van der Waals surface area contributed by atoms with Gasteiger partial charge in [0.05, 0.1) is 13.7 Å². The fourth-order valence-corrected chi connectivity index (χ4v) is 2.56. The van der Waals surface area contributed by atoms with E-state index in [4.69, 9.17) is 14.2 Å². The molecule has 1 aliphatic heterocycles. The molecule has 3 rings (SSSR count). The molecule has 0 unspecified atom stereocenters. The van der Waals surface area contributed by atoms with Gasteiger partial charge in [0.15, 0.2) is 17.5 Å². The first-order valence-electron chi connectivity index (χ1n) is 8.68. The number of aliphatic imine (C=N–C) groups is 1. The van der Waals surface area contributed by atoms with Crippen LogP contribution in [0.2, 0.25) is 0 Å². The van der Waals surface area contributed by atoms with Crippen molar-refractivity contribution in [1.82, 2.24) is 15.6 Å². The monoisotopic (exact) mass is 356 g/mol. The molecule has 0 aliphatic carbocycles. The summed E-state index contributed by atoms with van der Waals surface area (Å²) < 4.78 is 15.8. The third-order valence-electron chi connectivity index (χ3n) is 3.91. The van der Waals surface area contributed by atoms with Gasteiger partial charge in [-0.1, -0.05) is 12.1 Å². The van der Waals surface area contributed by atoms with Gasteiger partial charge in [-0.3, -0.25) is 0 Å². The van der Waals surface area contributed by atoms with Crippen LogP contribution in [0.3, 0.4) is 0 Å². The number of methoxy groups -OCH3 is 1. The average Bonchev–Trinajstić information content (AvgIpc) is 3.14. The quantitative estimate of drug-likeness (QED) is 0.585. The Kier molecular flexibility index (Phi) is 6.14. The fourth-order valence-electron chi connectivity index (χ4n) is 2.56. The Labute approximate surface area is 153 Å². The summed E-state index contributed by atoms with van der Waals surface area (Å²) in [4.78, 5) is 8.79. The van der Waals surface area contributed by atoms with Gasteiger partial charge in [0.25, 0.3) is 0 Å². The van der Waals surface area contributed by atoms with E-state index in [1.54, 1.807) is 13.3 Å². The van der Waals surface area contributed by atoms with Gasteiger partial charge in [0, 0.05) is 25.4 Å². The van der Waals surface area contributed by atoms with Crippen LogP contribution in [0.5, 0.6) is 17.4 Å². The van der Waals surface area contributed by atoms with Gasteiger partial charge in [-0.2, -0.15) is 0 Å². The maximum atomic E-state index is 5.42. The number of nitrogens with zero attached hydrogens (tertiary/aromatic N) is 2. The minimum atomic E-state index is 0.300. The topological polar surface area (TPSA) is 77.0 Å². The number of benzene rings is 1. The molecule has 0 saturated heterocycles. The van der Waals surface area contributed by atoms with Crippen LogP contribution in [-0.4, -0.2) is 37.9 Å². The zero-order valence-electron chi connectivity index (χ0n) is 15.1. The highest BCUT2D eigenvalue weighted by Gasteiger charge is 2.12. The van der Waals surface area contributed by atoms with Gasteiger partial charge in [0.2, 0.25) is 12.7 Å². The number of guanidine groups is 1. The molecule has 2 N–H and O–H groups in total.